The number of rotatable bonds is 7. The second kappa shape index (κ2) is 9.55. The maximum atomic E-state index is 13.3. The summed E-state index contributed by atoms with van der Waals surface area (Å²) in [7, 11) is 5.33. The Morgan fingerprint density at radius 2 is 1.77 bits per heavy atom. The molecule has 0 spiro atoms. The van der Waals surface area contributed by atoms with Crippen LogP contribution in [-0.2, 0) is 4.74 Å². The van der Waals surface area contributed by atoms with Crippen molar-refractivity contribution in [3.63, 3.8) is 0 Å². The van der Waals surface area contributed by atoms with Crippen LogP contribution >= 0.6 is 22.9 Å². The molecule has 2 aromatic carbocycles. The summed E-state index contributed by atoms with van der Waals surface area (Å²) in [6.45, 7) is 3.34. The third-order valence-electron chi connectivity index (χ3n) is 4.66. The summed E-state index contributed by atoms with van der Waals surface area (Å²) in [4.78, 5) is 33.5. The lowest BCUT2D eigenvalue weighted by Gasteiger charge is -2.21. The van der Waals surface area contributed by atoms with Crippen molar-refractivity contribution in [2.24, 2.45) is 0 Å². The number of benzene rings is 2. The number of ether oxygens (including phenoxy) is 1. The Bertz CT molecular complexity index is 1060. The number of aryl methyl sites for hydroxylation is 1. The third-order valence-corrected chi connectivity index (χ3v) is 5.90. The van der Waals surface area contributed by atoms with E-state index in [9.17, 15) is 9.59 Å². The standard InChI is InChI=1S/C22H24ClN3O3S/c1-14-12-17(23)13-18-19(14)24-22(30-18)26(11-5-10-25(2)3)20(27)15-6-8-16(9-7-15)21(28)29-4/h6-9,12-13H,5,10-11H2,1-4H3. The summed E-state index contributed by atoms with van der Waals surface area (Å²) in [5, 5.41) is 1.29. The second-order valence-electron chi connectivity index (χ2n) is 7.25. The van der Waals surface area contributed by atoms with E-state index in [1.54, 1.807) is 29.2 Å². The number of hydrogen-bond donors (Lipinski definition) is 0. The molecule has 3 rings (SSSR count). The fraction of sp³-hybridized carbons (Fsp3) is 0.318. The number of halogens is 1. The first-order valence-electron chi connectivity index (χ1n) is 9.52. The first-order chi connectivity index (χ1) is 14.3. The Hall–Kier alpha value is -2.48. The molecule has 0 unspecified atom stereocenters. The van der Waals surface area contributed by atoms with Crippen molar-refractivity contribution in [1.82, 2.24) is 9.88 Å². The summed E-state index contributed by atoms with van der Waals surface area (Å²) in [5.74, 6) is -0.594. The lowest BCUT2D eigenvalue weighted by Crippen LogP contribution is -2.33. The minimum atomic E-state index is -0.435. The average molecular weight is 446 g/mol. The lowest BCUT2D eigenvalue weighted by atomic mass is 10.1. The Morgan fingerprint density at radius 3 is 2.40 bits per heavy atom. The molecule has 0 saturated heterocycles. The van der Waals surface area contributed by atoms with Gasteiger partial charge in [0, 0.05) is 17.1 Å². The zero-order valence-electron chi connectivity index (χ0n) is 17.4. The fourth-order valence-corrected chi connectivity index (χ4v) is 4.55. The van der Waals surface area contributed by atoms with E-state index in [0.29, 0.717) is 27.8 Å². The molecule has 3 aromatic rings. The molecule has 1 heterocycles. The molecule has 0 aliphatic carbocycles. The van der Waals surface area contributed by atoms with E-state index < -0.39 is 5.97 Å². The molecule has 0 fully saturated rings. The van der Waals surface area contributed by atoms with Crippen molar-refractivity contribution in [3.05, 3.63) is 58.1 Å². The van der Waals surface area contributed by atoms with E-state index in [2.05, 4.69) is 4.90 Å². The van der Waals surface area contributed by atoms with E-state index >= 15 is 0 Å². The molecule has 6 nitrogen and oxygen atoms in total. The van der Waals surface area contributed by atoms with Crippen LogP contribution in [0.25, 0.3) is 10.2 Å². The van der Waals surface area contributed by atoms with Gasteiger partial charge in [-0.25, -0.2) is 9.78 Å². The van der Waals surface area contributed by atoms with Gasteiger partial charge in [-0.15, -0.1) is 0 Å². The summed E-state index contributed by atoms with van der Waals surface area (Å²) < 4.78 is 5.67. The van der Waals surface area contributed by atoms with E-state index in [0.717, 1.165) is 28.7 Å². The molecule has 0 N–H and O–H groups in total. The number of methoxy groups -OCH3 is 1. The molecule has 1 aromatic heterocycles. The topological polar surface area (TPSA) is 62.7 Å². The van der Waals surface area contributed by atoms with Crippen LogP contribution in [0.4, 0.5) is 5.13 Å². The van der Waals surface area contributed by atoms with E-state index in [1.165, 1.54) is 18.4 Å². The van der Waals surface area contributed by atoms with Crippen LogP contribution in [-0.4, -0.2) is 56.1 Å². The number of carbonyl (C=O) groups excluding carboxylic acids is 2. The van der Waals surface area contributed by atoms with Gasteiger partial charge in [0.2, 0.25) is 0 Å². The predicted molar refractivity (Wildman–Crippen MR) is 122 cm³/mol. The van der Waals surface area contributed by atoms with Gasteiger partial charge < -0.3 is 9.64 Å². The SMILES string of the molecule is COC(=O)c1ccc(C(=O)N(CCCN(C)C)c2nc3c(C)cc(Cl)cc3s2)cc1. The Labute approximate surface area is 185 Å². The molecule has 0 bridgehead atoms. The number of fused-ring (bicyclic) bond motifs is 1. The van der Waals surface area contributed by atoms with E-state index in [1.807, 2.05) is 33.2 Å². The minimum absolute atomic E-state index is 0.159. The molecular formula is C22H24ClN3O3S. The molecule has 8 heteroatoms. The number of aromatic nitrogens is 1. The Morgan fingerprint density at radius 1 is 1.10 bits per heavy atom. The van der Waals surface area contributed by atoms with Crippen LogP contribution in [0.2, 0.25) is 5.02 Å². The van der Waals surface area contributed by atoms with Crippen LogP contribution < -0.4 is 4.90 Å². The van der Waals surface area contributed by atoms with Crippen molar-refractivity contribution in [2.45, 2.75) is 13.3 Å². The highest BCUT2D eigenvalue weighted by Crippen LogP contribution is 2.33. The van der Waals surface area contributed by atoms with Gasteiger partial charge in [-0.1, -0.05) is 22.9 Å². The van der Waals surface area contributed by atoms with Crippen LogP contribution in [0.15, 0.2) is 36.4 Å². The molecule has 158 valence electrons. The summed E-state index contributed by atoms with van der Waals surface area (Å²) in [6, 6.07) is 10.2. The summed E-state index contributed by atoms with van der Waals surface area (Å²) in [5.41, 5.74) is 2.72. The monoisotopic (exact) mass is 445 g/mol. The molecule has 0 saturated carbocycles. The van der Waals surface area contributed by atoms with E-state index in [4.69, 9.17) is 21.3 Å². The summed E-state index contributed by atoms with van der Waals surface area (Å²) >= 11 is 7.65. The fourth-order valence-electron chi connectivity index (χ4n) is 3.11. The van der Waals surface area contributed by atoms with Gasteiger partial charge in [-0.2, -0.15) is 0 Å². The molecule has 0 aliphatic heterocycles. The van der Waals surface area contributed by atoms with Gasteiger partial charge in [-0.3, -0.25) is 9.69 Å². The average Bonchev–Trinajstić information content (AvgIpc) is 3.14. The third kappa shape index (κ3) is 4.98. The van der Waals surface area contributed by atoms with Gasteiger partial charge in [0.05, 0.1) is 22.9 Å². The highest BCUT2D eigenvalue weighted by atomic mass is 35.5. The Kier molecular flexibility index (Phi) is 7.07. The number of hydrogen-bond acceptors (Lipinski definition) is 6. The van der Waals surface area contributed by atoms with Crippen LogP contribution in [0.1, 0.15) is 32.7 Å². The van der Waals surface area contributed by atoms with Crippen LogP contribution in [0, 0.1) is 6.92 Å². The van der Waals surface area contributed by atoms with Gasteiger partial charge in [0.1, 0.15) is 0 Å². The second-order valence-corrected chi connectivity index (χ2v) is 8.69. The molecule has 30 heavy (non-hydrogen) atoms. The predicted octanol–water partition coefficient (Wildman–Crippen LogP) is 4.64. The van der Waals surface area contributed by atoms with Crippen LogP contribution in [0.5, 0.6) is 0 Å². The Balaban J connectivity index is 1.94. The highest BCUT2D eigenvalue weighted by molar-refractivity contribution is 7.22. The van der Waals surface area contributed by atoms with Crippen LogP contribution in [0.3, 0.4) is 0 Å². The largest absolute Gasteiger partial charge is 0.465 e. The minimum Gasteiger partial charge on any atom is -0.465 e. The number of nitrogens with zero attached hydrogens (tertiary/aromatic N) is 3. The number of carbonyl (C=O) groups is 2. The lowest BCUT2D eigenvalue weighted by molar-refractivity contribution is 0.0600. The van der Waals surface area contributed by atoms with Crippen molar-refractivity contribution >= 4 is 50.2 Å². The maximum absolute atomic E-state index is 13.3. The van der Waals surface area contributed by atoms with Crippen molar-refractivity contribution in [1.29, 1.82) is 0 Å². The van der Waals surface area contributed by atoms with Crippen molar-refractivity contribution in [3.8, 4) is 0 Å². The maximum Gasteiger partial charge on any atom is 0.337 e. The van der Waals surface area contributed by atoms with Gasteiger partial charge in [0.25, 0.3) is 5.91 Å². The molecule has 0 radical (unpaired) electrons. The van der Waals surface area contributed by atoms with Crippen molar-refractivity contribution < 1.29 is 14.3 Å². The smallest absolute Gasteiger partial charge is 0.337 e. The molecule has 0 aliphatic rings. The quantitative estimate of drug-likeness (QED) is 0.495. The van der Waals surface area contributed by atoms with Gasteiger partial charge >= 0.3 is 5.97 Å². The zero-order chi connectivity index (χ0) is 21.8. The molecular weight excluding hydrogens is 422 g/mol. The van der Waals surface area contributed by atoms with E-state index in [-0.39, 0.29) is 5.91 Å². The first-order valence-corrected chi connectivity index (χ1v) is 10.7. The highest BCUT2D eigenvalue weighted by Gasteiger charge is 2.22. The molecule has 1 amide bonds. The first kappa shape index (κ1) is 22.2. The summed E-state index contributed by atoms with van der Waals surface area (Å²) in [6.07, 6.45) is 0.800. The normalized spacial score (nSPS) is 11.1. The number of thiazole rings is 1. The van der Waals surface area contributed by atoms with Crippen molar-refractivity contribution in [2.75, 3.05) is 39.2 Å². The molecule has 0 atom stereocenters. The van der Waals surface area contributed by atoms with Gasteiger partial charge in [0.15, 0.2) is 5.13 Å². The zero-order valence-corrected chi connectivity index (χ0v) is 19.0. The number of anilines is 1. The number of amides is 1. The van der Waals surface area contributed by atoms with Gasteiger partial charge in [-0.05, 0) is 75.9 Å². The number of esters is 1.